The van der Waals surface area contributed by atoms with Gasteiger partial charge in [-0.2, -0.15) is 0 Å². The standard InChI is InChI=1S/C18H19NO4S/c20-24(21,14-8-9-17-18(12-14)23-11-10-22-17)19-16-7-3-5-13-4-1-2-6-15(13)16/h3,5,7-9,12,19H,1-2,4,6,10-11H2. The maximum Gasteiger partial charge on any atom is 0.262 e. The van der Waals surface area contributed by atoms with E-state index in [2.05, 4.69) is 10.8 Å². The van der Waals surface area contributed by atoms with Gasteiger partial charge in [0.1, 0.15) is 13.2 Å². The van der Waals surface area contributed by atoms with E-state index in [-0.39, 0.29) is 4.90 Å². The molecule has 0 radical (unpaired) electrons. The summed E-state index contributed by atoms with van der Waals surface area (Å²) < 4.78 is 39.2. The number of anilines is 1. The van der Waals surface area contributed by atoms with Crippen molar-refractivity contribution in [2.45, 2.75) is 30.6 Å². The van der Waals surface area contributed by atoms with Crippen molar-refractivity contribution in [1.82, 2.24) is 0 Å². The molecule has 1 N–H and O–H groups in total. The van der Waals surface area contributed by atoms with Gasteiger partial charge in [-0.15, -0.1) is 0 Å². The lowest BCUT2D eigenvalue weighted by Crippen LogP contribution is -2.18. The third-order valence-electron chi connectivity index (χ3n) is 4.46. The second-order valence-corrected chi connectivity index (χ2v) is 7.74. The average molecular weight is 345 g/mol. The zero-order chi connectivity index (χ0) is 16.6. The predicted molar refractivity (Wildman–Crippen MR) is 91.3 cm³/mol. The number of rotatable bonds is 3. The van der Waals surface area contributed by atoms with E-state index in [0.717, 1.165) is 31.2 Å². The minimum Gasteiger partial charge on any atom is -0.486 e. The summed E-state index contributed by atoms with van der Waals surface area (Å²) in [6.45, 7) is 0.906. The van der Waals surface area contributed by atoms with E-state index in [0.29, 0.717) is 30.4 Å². The zero-order valence-electron chi connectivity index (χ0n) is 13.2. The van der Waals surface area contributed by atoms with E-state index in [1.807, 2.05) is 12.1 Å². The number of hydrogen-bond donors (Lipinski definition) is 1. The fourth-order valence-corrected chi connectivity index (χ4v) is 4.38. The van der Waals surface area contributed by atoms with Crippen LogP contribution in [0.15, 0.2) is 41.3 Å². The largest absolute Gasteiger partial charge is 0.486 e. The van der Waals surface area contributed by atoms with Crippen LogP contribution < -0.4 is 14.2 Å². The molecule has 24 heavy (non-hydrogen) atoms. The third kappa shape index (κ3) is 2.82. The lowest BCUT2D eigenvalue weighted by atomic mass is 9.91. The number of nitrogens with one attached hydrogen (secondary N) is 1. The Bertz CT molecular complexity index is 877. The Kier molecular flexibility index (Phi) is 3.84. The first-order valence-corrected chi connectivity index (χ1v) is 9.65. The Morgan fingerprint density at radius 2 is 1.71 bits per heavy atom. The Hall–Kier alpha value is -2.21. The highest BCUT2D eigenvalue weighted by Crippen LogP contribution is 2.34. The van der Waals surface area contributed by atoms with Gasteiger partial charge in [-0.05, 0) is 55.0 Å². The topological polar surface area (TPSA) is 64.6 Å². The molecule has 1 aliphatic carbocycles. The molecule has 0 saturated heterocycles. The summed E-state index contributed by atoms with van der Waals surface area (Å²) in [7, 11) is -3.67. The van der Waals surface area contributed by atoms with Crippen molar-refractivity contribution < 1.29 is 17.9 Å². The molecule has 0 atom stereocenters. The number of hydrogen-bond acceptors (Lipinski definition) is 4. The summed E-state index contributed by atoms with van der Waals surface area (Å²) in [4.78, 5) is 0.181. The van der Waals surface area contributed by atoms with E-state index in [9.17, 15) is 8.42 Å². The molecule has 0 amide bonds. The normalized spacial score (nSPS) is 16.3. The van der Waals surface area contributed by atoms with Crippen molar-refractivity contribution in [3.63, 3.8) is 0 Å². The van der Waals surface area contributed by atoms with Crippen LogP contribution in [0.25, 0.3) is 0 Å². The SMILES string of the molecule is O=S(=O)(Nc1cccc2c1CCCC2)c1ccc2c(c1)OCCO2. The molecule has 5 nitrogen and oxygen atoms in total. The minimum absolute atomic E-state index is 0.181. The van der Waals surface area contributed by atoms with Crippen molar-refractivity contribution in [2.24, 2.45) is 0 Å². The monoisotopic (exact) mass is 345 g/mol. The summed E-state index contributed by atoms with van der Waals surface area (Å²) in [5.41, 5.74) is 3.04. The van der Waals surface area contributed by atoms with Crippen molar-refractivity contribution >= 4 is 15.7 Å². The Morgan fingerprint density at radius 1 is 0.917 bits per heavy atom. The van der Waals surface area contributed by atoms with E-state index in [1.54, 1.807) is 12.1 Å². The van der Waals surface area contributed by atoms with E-state index in [4.69, 9.17) is 9.47 Å². The Morgan fingerprint density at radius 3 is 2.58 bits per heavy atom. The first-order valence-electron chi connectivity index (χ1n) is 8.17. The summed E-state index contributed by atoms with van der Waals surface area (Å²) in [6.07, 6.45) is 4.17. The van der Waals surface area contributed by atoms with Crippen LogP contribution >= 0.6 is 0 Å². The highest BCUT2D eigenvalue weighted by Gasteiger charge is 2.21. The van der Waals surface area contributed by atoms with Crippen LogP contribution in [0.4, 0.5) is 5.69 Å². The molecule has 2 aliphatic rings. The van der Waals surface area contributed by atoms with Gasteiger partial charge < -0.3 is 9.47 Å². The summed E-state index contributed by atoms with van der Waals surface area (Å²) in [5, 5.41) is 0. The van der Waals surface area contributed by atoms with Gasteiger partial charge in [0, 0.05) is 6.07 Å². The fourth-order valence-electron chi connectivity index (χ4n) is 3.27. The van der Waals surface area contributed by atoms with Gasteiger partial charge in [0.15, 0.2) is 11.5 Å². The van der Waals surface area contributed by atoms with Gasteiger partial charge in [0.2, 0.25) is 0 Å². The van der Waals surface area contributed by atoms with Gasteiger partial charge in [0.25, 0.3) is 10.0 Å². The third-order valence-corrected chi connectivity index (χ3v) is 5.83. The molecule has 2 aromatic rings. The van der Waals surface area contributed by atoms with Gasteiger partial charge in [-0.1, -0.05) is 12.1 Å². The molecule has 0 spiro atoms. The highest BCUT2D eigenvalue weighted by atomic mass is 32.2. The summed E-state index contributed by atoms with van der Waals surface area (Å²) >= 11 is 0. The summed E-state index contributed by atoms with van der Waals surface area (Å²) in [5.74, 6) is 1.05. The van der Waals surface area contributed by atoms with Crippen LogP contribution in [-0.4, -0.2) is 21.6 Å². The molecule has 0 aromatic heterocycles. The Labute approximate surface area is 141 Å². The van der Waals surface area contributed by atoms with E-state index < -0.39 is 10.0 Å². The van der Waals surface area contributed by atoms with Crippen LogP contribution in [0, 0.1) is 0 Å². The number of fused-ring (bicyclic) bond motifs is 2. The molecular weight excluding hydrogens is 326 g/mol. The first-order chi connectivity index (χ1) is 11.6. The average Bonchev–Trinajstić information content (AvgIpc) is 2.61. The molecular formula is C18H19NO4S. The molecule has 6 heteroatoms. The van der Waals surface area contributed by atoms with Gasteiger partial charge in [-0.25, -0.2) is 8.42 Å². The van der Waals surface area contributed by atoms with Crippen molar-refractivity contribution in [2.75, 3.05) is 17.9 Å². The predicted octanol–water partition coefficient (Wildman–Crippen LogP) is 3.14. The lowest BCUT2D eigenvalue weighted by Gasteiger charge is -2.21. The van der Waals surface area contributed by atoms with Crippen LogP contribution in [0.5, 0.6) is 11.5 Å². The second-order valence-electron chi connectivity index (χ2n) is 6.06. The molecule has 0 fully saturated rings. The first kappa shape index (κ1) is 15.3. The Balaban J connectivity index is 1.67. The number of sulfonamides is 1. The van der Waals surface area contributed by atoms with Crippen LogP contribution in [0.2, 0.25) is 0 Å². The maximum atomic E-state index is 12.8. The molecule has 4 rings (SSSR count). The molecule has 1 aliphatic heterocycles. The van der Waals surface area contributed by atoms with Crippen LogP contribution in [-0.2, 0) is 22.9 Å². The number of ether oxygens (including phenoxy) is 2. The van der Waals surface area contributed by atoms with Gasteiger partial charge in [-0.3, -0.25) is 4.72 Å². The number of benzene rings is 2. The second kappa shape index (κ2) is 6.02. The molecule has 126 valence electrons. The van der Waals surface area contributed by atoms with Crippen LogP contribution in [0.3, 0.4) is 0 Å². The fraction of sp³-hybridized carbons (Fsp3) is 0.333. The molecule has 0 bridgehead atoms. The smallest absolute Gasteiger partial charge is 0.262 e. The summed E-state index contributed by atoms with van der Waals surface area (Å²) in [6, 6.07) is 10.5. The van der Waals surface area contributed by atoms with E-state index in [1.165, 1.54) is 11.6 Å². The highest BCUT2D eigenvalue weighted by molar-refractivity contribution is 7.92. The van der Waals surface area contributed by atoms with Gasteiger partial charge >= 0.3 is 0 Å². The van der Waals surface area contributed by atoms with Crippen molar-refractivity contribution in [1.29, 1.82) is 0 Å². The zero-order valence-corrected chi connectivity index (χ0v) is 14.1. The van der Waals surface area contributed by atoms with Crippen molar-refractivity contribution in [3.8, 4) is 11.5 Å². The van der Waals surface area contributed by atoms with Gasteiger partial charge in [0.05, 0.1) is 10.6 Å². The number of aryl methyl sites for hydroxylation is 1. The molecule has 1 heterocycles. The maximum absolute atomic E-state index is 12.8. The molecule has 0 unspecified atom stereocenters. The van der Waals surface area contributed by atoms with E-state index >= 15 is 0 Å². The minimum atomic E-state index is -3.67. The van der Waals surface area contributed by atoms with Crippen molar-refractivity contribution in [3.05, 3.63) is 47.5 Å². The lowest BCUT2D eigenvalue weighted by molar-refractivity contribution is 0.171. The van der Waals surface area contributed by atoms with Crippen LogP contribution in [0.1, 0.15) is 24.0 Å². The quantitative estimate of drug-likeness (QED) is 0.928. The molecule has 2 aromatic carbocycles. The molecule has 0 saturated carbocycles.